The molecule has 0 aliphatic heterocycles. The summed E-state index contributed by atoms with van der Waals surface area (Å²) in [5, 5.41) is 18.1. The van der Waals surface area contributed by atoms with Gasteiger partial charge in [0.25, 0.3) is 0 Å². The van der Waals surface area contributed by atoms with Gasteiger partial charge in [-0.3, -0.25) is 9.20 Å². The molecule has 20 heavy (non-hydrogen) atoms. The Bertz CT molecular complexity index is 896. The van der Waals surface area contributed by atoms with Gasteiger partial charge in [-0.1, -0.05) is 0 Å². The molecule has 0 fully saturated rings. The van der Waals surface area contributed by atoms with Gasteiger partial charge in [-0.15, -0.1) is 0 Å². The van der Waals surface area contributed by atoms with Crippen LogP contribution < -0.4 is 0 Å². The van der Waals surface area contributed by atoms with E-state index < -0.39 is 5.97 Å². The third-order valence-electron chi connectivity index (χ3n) is 3.58. The monoisotopic (exact) mass is 268 g/mol. The molecule has 0 saturated heterocycles. The van der Waals surface area contributed by atoms with E-state index in [1.807, 2.05) is 22.9 Å². The first-order valence-corrected chi connectivity index (χ1v) is 6.11. The first-order chi connectivity index (χ1) is 9.52. The Labute approximate surface area is 114 Å². The van der Waals surface area contributed by atoms with Crippen LogP contribution in [0.25, 0.3) is 16.8 Å². The summed E-state index contributed by atoms with van der Waals surface area (Å²) in [6.07, 6.45) is -0.0780. The average molecular weight is 268 g/mol. The molecule has 0 amide bonds. The standard InChI is InChI=1S/C14H12N4O2/c1-8-11(6-13(19)20)18-12-5-9(7-15)3-4-10(12)16-14(18)17(8)2/h3-5H,6H2,1-2H3,(H,19,20). The fraction of sp³-hybridized carbons (Fsp3) is 0.214. The number of carboxylic acids is 1. The van der Waals surface area contributed by atoms with Gasteiger partial charge in [0.1, 0.15) is 0 Å². The van der Waals surface area contributed by atoms with Crippen molar-refractivity contribution in [3.63, 3.8) is 0 Å². The summed E-state index contributed by atoms with van der Waals surface area (Å²) in [6.45, 7) is 1.87. The summed E-state index contributed by atoms with van der Waals surface area (Å²) in [5.41, 5.74) is 3.59. The van der Waals surface area contributed by atoms with Crippen LogP contribution in [0.5, 0.6) is 0 Å². The minimum atomic E-state index is -0.890. The summed E-state index contributed by atoms with van der Waals surface area (Å²) >= 11 is 0. The summed E-state index contributed by atoms with van der Waals surface area (Å²) < 4.78 is 3.68. The van der Waals surface area contributed by atoms with Crippen LogP contribution in [0.2, 0.25) is 0 Å². The fourth-order valence-electron chi connectivity index (χ4n) is 2.48. The highest BCUT2D eigenvalue weighted by Gasteiger charge is 2.18. The van der Waals surface area contributed by atoms with Crippen molar-refractivity contribution in [2.24, 2.45) is 7.05 Å². The first kappa shape index (κ1) is 12.2. The van der Waals surface area contributed by atoms with E-state index >= 15 is 0 Å². The van der Waals surface area contributed by atoms with Gasteiger partial charge in [0.2, 0.25) is 5.78 Å². The zero-order valence-electron chi connectivity index (χ0n) is 11.1. The highest BCUT2D eigenvalue weighted by molar-refractivity contribution is 5.83. The number of hydrogen-bond donors (Lipinski definition) is 1. The van der Waals surface area contributed by atoms with Gasteiger partial charge in [0.05, 0.1) is 34.8 Å². The van der Waals surface area contributed by atoms with Crippen molar-refractivity contribution in [1.82, 2.24) is 14.0 Å². The molecule has 0 aliphatic rings. The molecule has 1 aromatic carbocycles. The highest BCUT2D eigenvalue weighted by atomic mass is 16.4. The topological polar surface area (TPSA) is 83.3 Å². The van der Waals surface area contributed by atoms with Crippen molar-refractivity contribution in [1.29, 1.82) is 5.26 Å². The number of fused-ring (bicyclic) bond motifs is 3. The zero-order chi connectivity index (χ0) is 14.4. The Morgan fingerprint density at radius 2 is 2.25 bits per heavy atom. The van der Waals surface area contributed by atoms with Crippen LogP contribution in [0.3, 0.4) is 0 Å². The van der Waals surface area contributed by atoms with Crippen molar-refractivity contribution < 1.29 is 9.90 Å². The maximum atomic E-state index is 11.1. The van der Waals surface area contributed by atoms with E-state index in [4.69, 9.17) is 10.4 Å². The van der Waals surface area contributed by atoms with Gasteiger partial charge >= 0.3 is 5.97 Å². The van der Waals surface area contributed by atoms with Crippen LogP contribution in [-0.4, -0.2) is 25.0 Å². The average Bonchev–Trinajstić information content (AvgIpc) is 2.89. The second-order valence-corrected chi connectivity index (χ2v) is 4.72. The quantitative estimate of drug-likeness (QED) is 0.765. The molecule has 0 aliphatic carbocycles. The van der Waals surface area contributed by atoms with Crippen LogP contribution in [-0.2, 0) is 18.3 Å². The van der Waals surface area contributed by atoms with E-state index in [1.54, 1.807) is 18.2 Å². The van der Waals surface area contributed by atoms with Gasteiger partial charge in [-0.25, -0.2) is 4.98 Å². The Kier molecular flexibility index (Phi) is 2.51. The molecular formula is C14H12N4O2. The lowest BCUT2D eigenvalue weighted by atomic mass is 10.2. The van der Waals surface area contributed by atoms with Crippen LogP contribution in [0, 0.1) is 18.3 Å². The molecule has 6 heteroatoms. The Hall–Kier alpha value is -2.81. The largest absolute Gasteiger partial charge is 0.481 e. The molecule has 0 unspecified atom stereocenters. The van der Waals surface area contributed by atoms with Crippen LogP contribution in [0.4, 0.5) is 0 Å². The van der Waals surface area contributed by atoms with E-state index in [0.29, 0.717) is 17.0 Å². The fourth-order valence-corrected chi connectivity index (χ4v) is 2.48. The number of hydrogen-bond acceptors (Lipinski definition) is 3. The number of aryl methyl sites for hydroxylation is 1. The van der Waals surface area contributed by atoms with Crippen molar-refractivity contribution in [2.75, 3.05) is 0 Å². The molecule has 2 heterocycles. The number of nitrogens with zero attached hydrogens (tertiary/aromatic N) is 4. The maximum absolute atomic E-state index is 11.1. The predicted octanol–water partition coefficient (Wildman–Crippen LogP) is 1.63. The number of aromatic nitrogens is 3. The van der Waals surface area contributed by atoms with Crippen molar-refractivity contribution in [3.05, 3.63) is 35.2 Å². The van der Waals surface area contributed by atoms with Crippen molar-refractivity contribution >= 4 is 22.8 Å². The summed E-state index contributed by atoms with van der Waals surface area (Å²) in [6, 6.07) is 7.31. The molecule has 0 atom stereocenters. The third-order valence-corrected chi connectivity index (χ3v) is 3.58. The molecule has 100 valence electrons. The van der Waals surface area contributed by atoms with Crippen LogP contribution in [0.15, 0.2) is 18.2 Å². The minimum absolute atomic E-state index is 0.0780. The zero-order valence-corrected chi connectivity index (χ0v) is 11.1. The molecule has 1 N–H and O–H groups in total. The molecule has 3 rings (SSSR count). The lowest BCUT2D eigenvalue weighted by molar-refractivity contribution is -0.136. The molecule has 3 aromatic rings. The van der Waals surface area contributed by atoms with E-state index in [1.165, 1.54) is 0 Å². The number of carbonyl (C=O) groups is 1. The Morgan fingerprint density at radius 3 is 2.90 bits per heavy atom. The molecule has 6 nitrogen and oxygen atoms in total. The number of rotatable bonds is 2. The molecule has 0 radical (unpaired) electrons. The van der Waals surface area contributed by atoms with E-state index in [9.17, 15) is 4.79 Å². The summed E-state index contributed by atoms with van der Waals surface area (Å²) in [7, 11) is 1.85. The van der Waals surface area contributed by atoms with Crippen molar-refractivity contribution in [2.45, 2.75) is 13.3 Å². The molecule has 0 saturated carbocycles. The number of aliphatic carboxylic acids is 1. The van der Waals surface area contributed by atoms with Crippen LogP contribution >= 0.6 is 0 Å². The minimum Gasteiger partial charge on any atom is -0.481 e. The number of imidazole rings is 2. The van der Waals surface area contributed by atoms with Crippen molar-refractivity contribution in [3.8, 4) is 6.07 Å². The van der Waals surface area contributed by atoms with E-state index in [0.717, 1.165) is 16.7 Å². The molecule has 2 aromatic heterocycles. The highest BCUT2D eigenvalue weighted by Crippen LogP contribution is 2.24. The van der Waals surface area contributed by atoms with E-state index in [-0.39, 0.29) is 6.42 Å². The second kappa shape index (κ2) is 4.10. The van der Waals surface area contributed by atoms with Gasteiger partial charge in [0, 0.05) is 12.7 Å². The van der Waals surface area contributed by atoms with Gasteiger partial charge in [-0.05, 0) is 25.1 Å². The number of benzene rings is 1. The predicted molar refractivity (Wildman–Crippen MR) is 72.5 cm³/mol. The molecular weight excluding hydrogens is 256 g/mol. The number of nitriles is 1. The second-order valence-electron chi connectivity index (χ2n) is 4.72. The first-order valence-electron chi connectivity index (χ1n) is 6.11. The van der Waals surface area contributed by atoms with Gasteiger partial charge < -0.3 is 9.67 Å². The lowest BCUT2D eigenvalue weighted by Gasteiger charge is -2.00. The normalized spacial score (nSPS) is 11.1. The summed E-state index contributed by atoms with van der Waals surface area (Å²) in [5.74, 6) is -0.206. The van der Waals surface area contributed by atoms with E-state index in [2.05, 4.69) is 11.1 Å². The molecule has 0 bridgehead atoms. The SMILES string of the molecule is Cc1c(CC(=O)O)n2c3cc(C#N)ccc3nc2n1C. The third kappa shape index (κ3) is 1.57. The van der Waals surface area contributed by atoms with Gasteiger partial charge in [-0.2, -0.15) is 5.26 Å². The molecule has 0 spiro atoms. The van der Waals surface area contributed by atoms with Gasteiger partial charge in [0.15, 0.2) is 0 Å². The van der Waals surface area contributed by atoms with Crippen LogP contribution in [0.1, 0.15) is 17.0 Å². The lowest BCUT2D eigenvalue weighted by Crippen LogP contribution is -2.05. The number of carboxylic acid groups (broad SMARTS) is 1. The maximum Gasteiger partial charge on any atom is 0.309 e. The smallest absolute Gasteiger partial charge is 0.309 e. The Balaban J connectivity index is 2.45. The summed E-state index contributed by atoms with van der Waals surface area (Å²) in [4.78, 5) is 15.6. The Morgan fingerprint density at radius 1 is 1.50 bits per heavy atom.